The van der Waals surface area contributed by atoms with E-state index >= 15 is 0 Å². The Balaban J connectivity index is 1.95. The average molecular weight is 383 g/mol. The zero-order valence-electron chi connectivity index (χ0n) is 15.0. The smallest absolute Gasteiger partial charge is 0.191 e. The van der Waals surface area contributed by atoms with Crippen molar-refractivity contribution < 1.29 is 20.1 Å². The number of imidazole rings is 1. The minimum atomic E-state index is -1.19. The van der Waals surface area contributed by atoms with Crippen molar-refractivity contribution in [2.24, 2.45) is 5.92 Å². The van der Waals surface area contributed by atoms with Crippen LogP contribution in [0.5, 0.6) is 0 Å². The van der Waals surface area contributed by atoms with Crippen LogP contribution in [-0.2, 0) is 4.74 Å². The highest BCUT2D eigenvalue weighted by atomic mass is 32.2. The molecular weight excluding hydrogens is 358 g/mol. The number of aromatic nitrogens is 4. The predicted octanol–water partition coefficient (Wildman–Crippen LogP) is 0.618. The van der Waals surface area contributed by atoms with E-state index in [1.165, 1.54) is 18.1 Å². The second-order valence-electron chi connectivity index (χ2n) is 6.72. The Morgan fingerprint density at radius 2 is 2.08 bits per heavy atom. The Morgan fingerprint density at radius 3 is 2.69 bits per heavy atom. The van der Waals surface area contributed by atoms with Crippen LogP contribution in [0.1, 0.15) is 26.5 Å². The fourth-order valence-corrected chi connectivity index (χ4v) is 3.25. The third-order valence-corrected chi connectivity index (χ3v) is 4.94. The lowest BCUT2D eigenvalue weighted by Crippen LogP contribution is -2.33. The van der Waals surface area contributed by atoms with Gasteiger partial charge in [0.1, 0.15) is 18.3 Å². The fraction of sp³-hybridized carbons (Fsp3) is 0.688. The number of aliphatic hydroxyl groups is 3. The summed E-state index contributed by atoms with van der Waals surface area (Å²) in [4.78, 5) is 13.4. The summed E-state index contributed by atoms with van der Waals surface area (Å²) in [5.74, 6) is 1.20. The van der Waals surface area contributed by atoms with Gasteiger partial charge in [0.15, 0.2) is 28.4 Å². The van der Waals surface area contributed by atoms with Crippen LogP contribution in [0.25, 0.3) is 11.2 Å². The standard InChI is InChI=1S/C16H25N5O4S/c1-8(2)4-5-17-13-10-14(20-16(19-13)26-3)21(7-18-10)15-12(24)11(23)9(6-22)25-15/h7-9,11-12,15,22-24H,4-6H2,1-3H3,(H,17,19,20)/t9-,11-,12-,15-/m1/s1. The molecule has 2 aromatic heterocycles. The van der Waals surface area contributed by atoms with Gasteiger partial charge in [-0.15, -0.1) is 0 Å². The molecule has 9 nitrogen and oxygen atoms in total. The molecule has 1 fully saturated rings. The number of aliphatic hydroxyl groups excluding tert-OH is 3. The van der Waals surface area contributed by atoms with Crippen molar-refractivity contribution in [3.05, 3.63) is 6.33 Å². The second kappa shape index (κ2) is 8.05. The molecule has 1 aliphatic heterocycles. The first-order valence-electron chi connectivity index (χ1n) is 8.61. The number of fused-ring (bicyclic) bond motifs is 1. The molecule has 10 heteroatoms. The number of ether oxygens (including phenoxy) is 1. The molecule has 3 rings (SSSR count). The van der Waals surface area contributed by atoms with E-state index in [0.29, 0.717) is 28.1 Å². The lowest BCUT2D eigenvalue weighted by Gasteiger charge is -2.17. The van der Waals surface area contributed by atoms with E-state index < -0.39 is 24.5 Å². The molecule has 4 atom stereocenters. The summed E-state index contributed by atoms with van der Waals surface area (Å²) < 4.78 is 7.18. The van der Waals surface area contributed by atoms with E-state index in [0.717, 1.165) is 13.0 Å². The van der Waals surface area contributed by atoms with Gasteiger partial charge in [-0.3, -0.25) is 4.57 Å². The van der Waals surface area contributed by atoms with Gasteiger partial charge < -0.3 is 25.4 Å². The number of anilines is 1. The Bertz CT molecular complexity index is 756. The van der Waals surface area contributed by atoms with E-state index in [4.69, 9.17) is 4.74 Å². The summed E-state index contributed by atoms with van der Waals surface area (Å²) in [7, 11) is 0. The van der Waals surface area contributed by atoms with Gasteiger partial charge in [0.05, 0.1) is 12.9 Å². The number of thioether (sulfide) groups is 1. The highest BCUT2D eigenvalue weighted by molar-refractivity contribution is 7.98. The quantitative estimate of drug-likeness (QED) is 0.402. The Kier molecular flexibility index (Phi) is 5.98. The first-order valence-corrected chi connectivity index (χ1v) is 9.83. The van der Waals surface area contributed by atoms with E-state index in [1.807, 2.05) is 6.26 Å². The zero-order valence-corrected chi connectivity index (χ0v) is 15.8. The largest absolute Gasteiger partial charge is 0.394 e. The fourth-order valence-electron chi connectivity index (χ4n) is 2.89. The molecular formula is C16H25N5O4S. The summed E-state index contributed by atoms with van der Waals surface area (Å²) in [6.45, 7) is 4.69. The van der Waals surface area contributed by atoms with Crippen LogP contribution in [-0.4, -0.2) is 72.6 Å². The lowest BCUT2D eigenvalue weighted by atomic mass is 10.1. The van der Waals surface area contributed by atoms with Crippen molar-refractivity contribution in [3.63, 3.8) is 0 Å². The normalized spacial score (nSPS) is 26.1. The summed E-state index contributed by atoms with van der Waals surface area (Å²) in [5, 5.41) is 33.5. The highest BCUT2D eigenvalue weighted by Gasteiger charge is 2.44. The molecule has 0 bridgehead atoms. The van der Waals surface area contributed by atoms with E-state index in [1.54, 1.807) is 4.57 Å². The molecule has 26 heavy (non-hydrogen) atoms. The third-order valence-electron chi connectivity index (χ3n) is 4.39. The Hall–Kier alpha value is -1.46. The molecule has 0 spiro atoms. The monoisotopic (exact) mass is 383 g/mol. The maximum atomic E-state index is 10.3. The lowest BCUT2D eigenvalue weighted by molar-refractivity contribution is -0.0511. The molecule has 0 saturated carbocycles. The molecule has 1 saturated heterocycles. The first kappa shape index (κ1) is 19.3. The average Bonchev–Trinajstić information content (AvgIpc) is 3.16. The van der Waals surface area contributed by atoms with E-state index in [-0.39, 0.29) is 6.61 Å². The van der Waals surface area contributed by atoms with Gasteiger partial charge in [-0.1, -0.05) is 25.6 Å². The molecule has 0 amide bonds. The number of nitrogens with one attached hydrogen (secondary N) is 1. The van der Waals surface area contributed by atoms with E-state index in [2.05, 4.69) is 34.1 Å². The summed E-state index contributed by atoms with van der Waals surface area (Å²) in [5.41, 5.74) is 1.08. The highest BCUT2D eigenvalue weighted by Crippen LogP contribution is 2.33. The summed E-state index contributed by atoms with van der Waals surface area (Å²) in [6, 6.07) is 0. The van der Waals surface area contributed by atoms with Crippen LogP contribution >= 0.6 is 11.8 Å². The molecule has 0 aliphatic carbocycles. The van der Waals surface area contributed by atoms with Crippen LogP contribution in [0.15, 0.2) is 11.5 Å². The number of hydrogen-bond acceptors (Lipinski definition) is 9. The van der Waals surface area contributed by atoms with Crippen molar-refractivity contribution in [2.45, 2.75) is 50.0 Å². The van der Waals surface area contributed by atoms with Crippen LogP contribution in [0.4, 0.5) is 5.82 Å². The molecule has 4 N–H and O–H groups in total. The van der Waals surface area contributed by atoms with Gasteiger partial charge >= 0.3 is 0 Å². The molecule has 144 valence electrons. The Labute approximate surface area is 155 Å². The van der Waals surface area contributed by atoms with Crippen molar-refractivity contribution in [2.75, 3.05) is 24.7 Å². The molecule has 3 heterocycles. The number of rotatable bonds is 7. The molecule has 0 radical (unpaired) electrons. The van der Waals surface area contributed by atoms with Gasteiger partial charge in [0.2, 0.25) is 0 Å². The van der Waals surface area contributed by atoms with Crippen molar-refractivity contribution in [3.8, 4) is 0 Å². The van der Waals surface area contributed by atoms with Gasteiger partial charge in [-0.2, -0.15) is 0 Å². The molecule has 0 unspecified atom stereocenters. The van der Waals surface area contributed by atoms with Gasteiger partial charge in [-0.05, 0) is 18.6 Å². The second-order valence-corrected chi connectivity index (χ2v) is 7.49. The summed E-state index contributed by atoms with van der Waals surface area (Å²) in [6.07, 6.45) is 0.306. The maximum Gasteiger partial charge on any atom is 0.191 e. The van der Waals surface area contributed by atoms with Gasteiger partial charge in [0.25, 0.3) is 0 Å². The molecule has 0 aromatic carbocycles. The van der Waals surface area contributed by atoms with Crippen LogP contribution in [0, 0.1) is 5.92 Å². The third kappa shape index (κ3) is 3.65. The van der Waals surface area contributed by atoms with Crippen molar-refractivity contribution in [1.82, 2.24) is 19.5 Å². The van der Waals surface area contributed by atoms with Crippen molar-refractivity contribution >= 4 is 28.7 Å². The number of nitrogens with zero attached hydrogens (tertiary/aromatic N) is 4. The van der Waals surface area contributed by atoms with Crippen LogP contribution in [0.2, 0.25) is 0 Å². The maximum absolute atomic E-state index is 10.3. The Morgan fingerprint density at radius 1 is 1.31 bits per heavy atom. The zero-order chi connectivity index (χ0) is 18.8. The minimum absolute atomic E-state index is 0.381. The van der Waals surface area contributed by atoms with Gasteiger partial charge in [-0.25, -0.2) is 15.0 Å². The molecule has 2 aromatic rings. The van der Waals surface area contributed by atoms with Gasteiger partial charge in [0, 0.05) is 6.54 Å². The topological polar surface area (TPSA) is 126 Å². The predicted molar refractivity (Wildman–Crippen MR) is 98.1 cm³/mol. The number of hydrogen-bond donors (Lipinski definition) is 4. The van der Waals surface area contributed by atoms with E-state index in [9.17, 15) is 15.3 Å². The molecule has 1 aliphatic rings. The minimum Gasteiger partial charge on any atom is -0.394 e. The van der Waals surface area contributed by atoms with Crippen molar-refractivity contribution in [1.29, 1.82) is 0 Å². The first-order chi connectivity index (χ1) is 12.5. The SMILES string of the molecule is CSc1nc(NCCC(C)C)c2ncn([C@@H]3O[C@H](CO)[C@@H](O)[C@H]3O)c2n1. The summed E-state index contributed by atoms with van der Waals surface area (Å²) >= 11 is 1.40. The van der Waals surface area contributed by atoms with Crippen LogP contribution < -0.4 is 5.32 Å². The van der Waals surface area contributed by atoms with Crippen LogP contribution in [0.3, 0.4) is 0 Å².